The number of anilines is 1. The Morgan fingerprint density at radius 2 is 2.18 bits per heavy atom. The Morgan fingerprint density at radius 1 is 1.47 bits per heavy atom. The van der Waals surface area contributed by atoms with Crippen LogP contribution in [0.1, 0.15) is 18.4 Å². The van der Waals surface area contributed by atoms with Crippen LogP contribution in [0, 0.1) is 17.0 Å². The van der Waals surface area contributed by atoms with E-state index in [1.807, 2.05) is 24.8 Å². The van der Waals surface area contributed by atoms with E-state index >= 15 is 0 Å². The van der Waals surface area contributed by atoms with Crippen molar-refractivity contribution in [3.05, 3.63) is 33.9 Å². The minimum absolute atomic E-state index is 0.154. The number of hydrogen-bond donors (Lipinski definition) is 1. The molecule has 17 heavy (non-hydrogen) atoms. The molecule has 0 atom stereocenters. The standard InChI is InChI=1S/C12H16N2O2S/c1-9-5-10(7-11(6-9)14(15)16)13-8-12(17-2)3-4-12/h5-7,13H,3-4,8H2,1-2H3. The van der Waals surface area contributed by atoms with Crippen molar-refractivity contribution < 1.29 is 4.92 Å². The fourth-order valence-corrected chi connectivity index (χ4v) is 2.55. The number of thioether (sulfide) groups is 1. The average molecular weight is 252 g/mol. The van der Waals surface area contributed by atoms with Gasteiger partial charge in [0.05, 0.1) is 4.92 Å². The third-order valence-corrected chi connectivity index (χ3v) is 4.55. The average Bonchev–Trinajstić information content (AvgIpc) is 3.06. The van der Waals surface area contributed by atoms with Crippen molar-refractivity contribution in [1.82, 2.24) is 0 Å². The molecule has 1 aromatic carbocycles. The number of nitro benzene ring substituents is 1. The van der Waals surface area contributed by atoms with Crippen molar-refractivity contribution in [1.29, 1.82) is 0 Å². The first kappa shape index (κ1) is 12.2. The second-order valence-corrected chi connectivity index (χ2v) is 5.83. The summed E-state index contributed by atoms with van der Waals surface area (Å²) < 4.78 is 0.360. The Labute approximate surface area is 105 Å². The molecule has 92 valence electrons. The quantitative estimate of drug-likeness (QED) is 0.645. The molecule has 0 amide bonds. The predicted molar refractivity (Wildman–Crippen MR) is 71.8 cm³/mol. The summed E-state index contributed by atoms with van der Waals surface area (Å²) in [5, 5.41) is 14.1. The number of benzene rings is 1. The molecule has 0 spiro atoms. The number of nitrogens with one attached hydrogen (secondary N) is 1. The van der Waals surface area contributed by atoms with Crippen LogP contribution < -0.4 is 5.32 Å². The van der Waals surface area contributed by atoms with Crippen LogP contribution in [0.2, 0.25) is 0 Å². The first-order valence-corrected chi connectivity index (χ1v) is 6.82. The fraction of sp³-hybridized carbons (Fsp3) is 0.500. The van der Waals surface area contributed by atoms with E-state index in [9.17, 15) is 10.1 Å². The molecule has 1 fully saturated rings. The summed E-state index contributed by atoms with van der Waals surface area (Å²) in [6.45, 7) is 2.76. The van der Waals surface area contributed by atoms with E-state index in [1.165, 1.54) is 12.8 Å². The number of rotatable bonds is 5. The first-order chi connectivity index (χ1) is 8.04. The van der Waals surface area contributed by atoms with Gasteiger partial charge in [-0.05, 0) is 37.7 Å². The van der Waals surface area contributed by atoms with Crippen LogP contribution in [0.4, 0.5) is 11.4 Å². The molecule has 1 aliphatic carbocycles. The molecule has 2 rings (SSSR count). The SMILES string of the molecule is CSC1(CNc2cc(C)cc([N+](=O)[O-])c2)CC1. The van der Waals surface area contributed by atoms with Gasteiger partial charge >= 0.3 is 0 Å². The molecule has 0 aliphatic heterocycles. The van der Waals surface area contributed by atoms with Gasteiger partial charge in [-0.25, -0.2) is 0 Å². The number of hydrogen-bond acceptors (Lipinski definition) is 4. The van der Waals surface area contributed by atoms with Crippen LogP contribution >= 0.6 is 11.8 Å². The van der Waals surface area contributed by atoms with Crippen LogP contribution in [0.5, 0.6) is 0 Å². The molecular weight excluding hydrogens is 236 g/mol. The largest absolute Gasteiger partial charge is 0.383 e. The van der Waals surface area contributed by atoms with Gasteiger partial charge in [0, 0.05) is 29.1 Å². The molecule has 4 nitrogen and oxygen atoms in total. The number of nitrogens with zero attached hydrogens (tertiary/aromatic N) is 1. The zero-order chi connectivity index (χ0) is 12.5. The molecule has 0 heterocycles. The van der Waals surface area contributed by atoms with E-state index in [-0.39, 0.29) is 10.6 Å². The first-order valence-electron chi connectivity index (χ1n) is 5.60. The number of nitro groups is 1. The summed E-state index contributed by atoms with van der Waals surface area (Å²) in [6, 6.07) is 5.14. The second-order valence-electron chi connectivity index (χ2n) is 4.56. The molecular formula is C12H16N2O2S. The summed E-state index contributed by atoms with van der Waals surface area (Å²) in [6.07, 6.45) is 4.58. The van der Waals surface area contributed by atoms with Gasteiger partial charge in [0.25, 0.3) is 5.69 Å². The highest BCUT2D eigenvalue weighted by Gasteiger charge is 2.41. The maximum Gasteiger partial charge on any atom is 0.271 e. The summed E-state index contributed by atoms with van der Waals surface area (Å²) >= 11 is 1.88. The van der Waals surface area contributed by atoms with Crippen molar-refractivity contribution in [2.45, 2.75) is 24.5 Å². The van der Waals surface area contributed by atoms with Crippen LogP contribution in [0.15, 0.2) is 18.2 Å². The topological polar surface area (TPSA) is 55.2 Å². The second kappa shape index (κ2) is 4.56. The minimum Gasteiger partial charge on any atom is -0.383 e. The molecule has 1 aromatic rings. The van der Waals surface area contributed by atoms with Crippen molar-refractivity contribution >= 4 is 23.1 Å². The highest BCUT2D eigenvalue weighted by atomic mass is 32.2. The van der Waals surface area contributed by atoms with Crippen LogP contribution in [0.25, 0.3) is 0 Å². The number of non-ortho nitro benzene ring substituents is 1. The van der Waals surface area contributed by atoms with E-state index in [1.54, 1.807) is 12.1 Å². The van der Waals surface area contributed by atoms with E-state index in [0.29, 0.717) is 4.75 Å². The zero-order valence-electron chi connectivity index (χ0n) is 10.0. The van der Waals surface area contributed by atoms with Gasteiger partial charge in [-0.3, -0.25) is 10.1 Å². The van der Waals surface area contributed by atoms with E-state index in [0.717, 1.165) is 17.8 Å². The molecule has 0 aromatic heterocycles. The van der Waals surface area contributed by atoms with E-state index in [2.05, 4.69) is 11.6 Å². The monoisotopic (exact) mass is 252 g/mol. The molecule has 1 N–H and O–H groups in total. The van der Waals surface area contributed by atoms with Crippen molar-refractivity contribution in [3.63, 3.8) is 0 Å². The maximum atomic E-state index is 10.7. The zero-order valence-corrected chi connectivity index (χ0v) is 10.8. The van der Waals surface area contributed by atoms with Crippen molar-refractivity contribution in [3.8, 4) is 0 Å². The highest BCUT2D eigenvalue weighted by molar-refractivity contribution is 8.00. The van der Waals surface area contributed by atoms with Gasteiger partial charge < -0.3 is 5.32 Å². The summed E-state index contributed by atoms with van der Waals surface area (Å²) in [5.41, 5.74) is 1.91. The molecule has 1 saturated carbocycles. The number of aryl methyl sites for hydroxylation is 1. The van der Waals surface area contributed by atoms with Crippen molar-refractivity contribution in [2.75, 3.05) is 18.1 Å². The lowest BCUT2D eigenvalue weighted by Crippen LogP contribution is -2.17. The Kier molecular flexibility index (Phi) is 3.28. The minimum atomic E-state index is -0.348. The molecule has 1 aliphatic rings. The molecule has 0 radical (unpaired) electrons. The van der Waals surface area contributed by atoms with E-state index in [4.69, 9.17) is 0 Å². The Hall–Kier alpha value is -1.23. The maximum absolute atomic E-state index is 10.7. The van der Waals surface area contributed by atoms with Crippen LogP contribution in [-0.2, 0) is 0 Å². The smallest absolute Gasteiger partial charge is 0.271 e. The summed E-state index contributed by atoms with van der Waals surface area (Å²) in [5.74, 6) is 0. The Balaban J connectivity index is 2.07. The predicted octanol–water partition coefficient (Wildman–Crippen LogP) is 3.21. The Bertz CT molecular complexity index is 444. The lowest BCUT2D eigenvalue weighted by Gasteiger charge is -2.14. The molecule has 0 bridgehead atoms. The molecule has 5 heteroatoms. The normalized spacial score (nSPS) is 16.6. The summed E-state index contributed by atoms with van der Waals surface area (Å²) in [7, 11) is 0. The van der Waals surface area contributed by atoms with Gasteiger partial charge in [-0.2, -0.15) is 11.8 Å². The van der Waals surface area contributed by atoms with Gasteiger partial charge in [-0.1, -0.05) is 0 Å². The lowest BCUT2D eigenvalue weighted by molar-refractivity contribution is -0.384. The van der Waals surface area contributed by atoms with Gasteiger partial charge in [-0.15, -0.1) is 0 Å². The van der Waals surface area contributed by atoms with Crippen LogP contribution in [-0.4, -0.2) is 22.5 Å². The molecule has 0 saturated heterocycles. The lowest BCUT2D eigenvalue weighted by atomic mass is 10.2. The molecule has 0 unspecified atom stereocenters. The van der Waals surface area contributed by atoms with Crippen molar-refractivity contribution in [2.24, 2.45) is 0 Å². The third-order valence-electron chi connectivity index (χ3n) is 3.13. The van der Waals surface area contributed by atoms with Gasteiger partial charge in [0.15, 0.2) is 0 Å². The Morgan fingerprint density at radius 3 is 2.71 bits per heavy atom. The third kappa shape index (κ3) is 2.91. The highest BCUT2D eigenvalue weighted by Crippen LogP contribution is 2.47. The summed E-state index contributed by atoms with van der Waals surface area (Å²) in [4.78, 5) is 10.4. The van der Waals surface area contributed by atoms with Gasteiger partial charge in [0.1, 0.15) is 0 Å². The van der Waals surface area contributed by atoms with Gasteiger partial charge in [0.2, 0.25) is 0 Å². The van der Waals surface area contributed by atoms with Crippen LogP contribution in [0.3, 0.4) is 0 Å². The fourth-order valence-electron chi connectivity index (χ4n) is 1.83. The van der Waals surface area contributed by atoms with E-state index < -0.39 is 0 Å².